The average Bonchev–Trinajstić information content (AvgIpc) is 2.53. The van der Waals surface area contributed by atoms with Gasteiger partial charge in [0.1, 0.15) is 5.82 Å². The number of hydrogen-bond donors (Lipinski definition) is 3. The highest BCUT2D eigenvalue weighted by Crippen LogP contribution is 2.27. The number of pyridine rings is 1. The predicted octanol–water partition coefficient (Wildman–Crippen LogP) is 3.17. The topological polar surface area (TPSA) is 74.2 Å². The molecule has 0 radical (unpaired) electrons. The molecular weight excluding hydrogens is 278 g/mol. The highest BCUT2D eigenvalue weighted by molar-refractivity contribution is 5.90. The minimum Gasteiger partial charge on any atom is -0.392 e. The van der Waals surface area contributed by atoms with Gasteiger partial charge in [0.05, 0.1) is 18.0 Å². The third-order valence-corrected chi connectivity index (χ3v) is 4.13. The molecule has 122 valence electrons. The Kier molecular flexibility index (Phi) is 6.65. The van der Waals surface area contributed by atoms with Gasteiger partial charge in [-0.05, 0) is 31.4 Å². The van der Waals surface area contributed by atoms with Crippen molar-refractivity contribution in [3.63, 3.8) is 0 Å². The zero-order valence-electron chi connectivity index (χ0n) is 13.3. The summed E-state index contributed by atoms with van der Waals surface area (Å²) in [5.41, 5.74) is 0.719. The number of amides is 1. The molecule has 1 heterocycles. The van der Waals surface area contributed by atoms with E-state index in [1.165, 1.54) is 32.1 Å². The number of rotatable bonds is 7. The molecule has 0 saturated heterocycles. The minimum atomic E-state index is -0.416. The molecule has 1 aliphatic carbocycles. The zero-order chi connectivity index (χ0) is 15.8. The largest absolute Gasteiger partial charge is 0.392 e. The summed E-state index contributed by atoms with van der Waals surface area (Å²) in [6.45, 7) is 2.17. The molecule has 3 N–H and O–H groups in total. The summed E-state index contributed by atoms with van der Waals surface area (Å²) in [6.07, 6.45) is 9.35. The average molecular weight is 305 g/mol. The van der Waals surface area contributed by atoms with Crippen molar-refractivity contribution in [2.45, 2.75) is 58.0 Å². The van der Waals surface area contributed by atoms with Crippen LogP contribution >= 0.6 is 0 Å². The number of nitrogens with zero attached hydrogens (tertiary/aromatic N) is 1. The highest BCUT2D eigenvalue weighted by Gasteiger charge is 2.14. The second-order valence-corrected chi connectivity index (χ2v) is 6.25. The maximum absolute atomic E-state index is 12.0. The Hall–Kier alpha value is -1.62. The molecule has 0 spiro atoms. The summed E-state index contributed by atoms with van der Waals surface area (Å²) < 4.78 is 0. The first-order valence-corrected chi connectivity index (χ1v) is 8.31. The first-order chi connectivity index (χ1) is 10.6. The molecule has 2 rings (SSSR count). The molecule has 1 unspecified atom stereocenters. The monoisotopic (exact) mass is 305 g/mol. The summed E-state index contributed by atoms with van der Waals surface area (Å²) in [5.74, 6) is 1.49. The number of aliphatic hydroxyl groups is 1. The van der Waals surface area contributed by atoms with Crippen LogP contribution in [-0.4, -0.2) is 28.6 Å². The molecule has 5 heteroatoms. The van der Waals surface area contributed by atoms with E-state index in [0.717, 1.165) is 18.0 Å². The second-order valence-electron chi connectivity index (χ2n) is 6.25. The van der Waals surface area contributed by atoms with Crippen LogP contribution in [0.2, 0.25) is 0 Å². The van der Waals surface area contributed by atoms with E-state index in [9.17, 15) is 9.90 Å². The number of carbonyl (C=O) groups is 1. The third-order valence-electron chi connectivity index (χ3n) is 4.13. The van der Waals surface area contributed by atoms with Crippen LogP contribution in [0.1, 0.15) is 51.9 Å². The Morgan fingerprint density at radius 1 is 1.36 bits per heavy atom. The van der Waals surface area contributed by atoms with Crippen LogP contribution in [0.5, 0.6) is 0 Å². The standard InChI is InChI=1S/C17H27N3O2/c1-13(21)11-18-16-9-8-15(12-19-16)20-17(22)10-7-14-5-3-2-4-6-14/h8-9,12-14,21H,2-7,10-11H2,1H3,(H,18,19)(H,20,22). The lowest BCUT2D eigenvalue weighted by atomic mass is 9.86. The Balaban J connectivity index is 1.71. The molecule has 1 saturated carbocycles. The molecule has 1 amide bonds. The van der Waals surface area contributed by atoms with Crippen molar-refractivity contribution in [2.75, 3.05) is 17.2 Å². The quantitative estimate of drug-likeness (QED) is 0.723. The van der Waals surface area contributed by atoms with E-state index in [1.807, 2.05) is 6.07 Å². The van der Waals surface area contributed by atoms with E-state index in [0.29, 0.717) is 18.8 Å². The van der Waals surface area contributed by atoms with Crippen molar-refractivity contribution in [1.29, 1.82) is 0 Å². The van der Waals surface area contributed by atoms with E-state index in [-0.39, 0.29) is 5.91 Å². The molecular formula is C17H27N3O2. The summed E-state index contributed by atoms with van der Waals surface area (Å²) in [4.78, 5) is 16.2. The molecule has 1 fully saturated rings. The van der Waals surface area contributed by atoms with Crippen molar-refractivity contribution in [3.8, 4) is 0 Å². The fourth-order valence-corrected chi connectivity index (χ4v) is 2.86. The van der Waals surface area contributed by atoms with Gasteiger partial charge in [0.15, 0.2) is 0 Å². The van der Waals surface area contributed by atoms with E-state index in [2.05, 4.69) is 15.6 Å². The maximum atomic E-state index is 12.0. The highest BCUT2D eigenvalue weighted by atomic mass is 16.3. The van der Waals surface area contributed by atoms with Gasteiger partial charge in [-0.3, -0.25) is 4.79 Å². The fraction of sp³-hybridized carbons (Fsp3) is 0.647. The number of aromatic nitrogens is 1. The molecule has 1 atom stereocenters. The third kappa shape index (κ3) is 6.02. The summed E-state index contributed by atoms with van der Waals surface area (Å²) in [6, 6.07) is 3.63. The van der Waals surface area contributed by atoms with Crippen LogP contribution in [0.3, 0.4) is 0 Å². The molecule has 5 nitrogen and oxygen atoms in total. The van der Waals surface area contributed by atoms with Crippen molar-refractivity contribution in [3.05, 3.63) is 18.3 Å². The first kappa shape index (κ1) is 16.7. The smallest absolute Gasteiger partial charge is 0.224 e. The zero-order valence-corrected chi connectivity index (χ0v) is 13.3. The molecule has 0 aliphatic heterocycles. The van der Waals surface area contributed by atoms with Crippen molar-refractivity contribution in [2.24, 2.45) is 5.92 Å². The van der Waals surface area contributed by atoms with Gasteiger partial charge in [0, 0.05) is 13.0 Å². The van der Waals surface area contributed by atoms with Crippen LogP contribution in [0, 0.1) is 5.92 Å². The van der Waals surface area contributed by atoms with Crippen LogP contribution in [0.4, 0.5) is 11.5 Å². The summed E-state index contributed by atoms with van der Waals surface area (Å²) in [5, 5.41) is 15.1. The Morgan fingerprint density at radius 2 is 2.14 bits per heavy atom. The summed E-state index contributed by atoms with van der Waals surface area (Å²) >= 11 is 0. The normalized spacial score (nSPS) is 17.0. The lowest BCUT2D eigenvalue weighted by Gasteiger charge is -2.20. The van der Waals surface area contributed by atoms with Gasteiger partial charge in [-0.2, -0.15) is 0 Å². The van der Waals surface area contributed by atoms with Gasteiger partial charge >= 0.3 is 0 Å². The van der Waals surface area contributed by atoms with Gasteiger partial charge in [0.2, 0.25) is 5.91 Å². The number of hydrogen-bond acceptors (Lipinski definition) is 4. The molecule has 1 aromatic rings. The molecule has 1 aromatic heterocycles. The van der Waals surface area contributed by atoms with Crippen LogP contribution in [-0.2, 0) is 4.79 Å². The first-order valence-electron chi connectivity index (χ1n) is 8.31. The van der Waals surface area contributed by atoms with Crippen molar-refractivity contribution < 1.29 is 9.90 Å². The Bertz CT molecular complexity index is 453. The van der Waals surface area contributed by atoms with Crippen molar-refractivity contribution >= 4 is 17.4 Å². The molecule has 0 aromatic carbocycles. The lowest BCUT2D eigenvalue weighted by molar-refractivity contribution is -0.116. The second kappa shape index (κ2) is 8.73. The van der Waals surface area contributed by atoms with E-state index < -0.39 is 6.10 Å². The number of anilines is 2. The van der Waals surface area contributed by atoms with E-state index >= 15 is 0 Å². The molecule has 0 bridgehead atoms. The van der Waals surface area contributed by atoms with E-state index in [1.54, 1.807) is 19.2 Å². The SMILES string of the molecule is CC(O)CNc1ccc(NC(=O)CCC2CCCCC2)cn1. The van der Waals surface area contributed by atoms with Gasteiger partial charge in [-0.25, -0.2) is 4.98 Å². The Labute approximate surface area is 132 Å². The predicted molar refractivity (Wildman–Crippen MR) is 88.8 cm³/mol. The summed E-state index contributed by atoms with van der Waals surface area (Å²) in [7, 11) is 0. The van der Waals surface area contributed by atoms with Crippen LogP contribution in [0.15, 0.2) is 18.3 Å². The van der Waals surface area contributed by atoms with Crippen molar-refractivity contribution in [1.82, 2.24) is 4.98 Å². The number of aliphatic hydroxyl groups excluding tert-OH is 1. The molecule has 22 heavy (non-hydrogen) atoms. The van der Waals surface area contributed by atoms with E-state index in [4.69, 9.17) is 0 Å². The lowest BCUT2D eigenvalue weighted by Crippen LogP contribution is -2.16. The minimum absolute atomic E-state index is 0.0667. The van der Waals surface area contributed by atoms with Gasteiger partial charge in [-0.1, -0.05) is 32.1 Å². The maximum Gasteiger partial charge on any atom is 0.224 e. The van der Waals surface area contributed by atoms with Crippen LogP contribution < -0.4 is 10.6 Å². The molecule has 1 aliphatic rings. The fourth-order valence-electron chi connectivity index (χ4n) is 2.86. The van der Waals surface area contributed by atoms with Crippen LogP contribution in [0.25, 0.3) is 0 Å². The number of carbonyl (C=O) groups excluding carboxylic acids is 1. The van der Waals surface area contributed by atoms with Gasteiger partial charge < -0.3 is 15.7 Å². The number of nitrogens with one attached hydrogen (secondary N) is 2. The Morgan fingerprint density at radius 3 is 2.77 bits per heavy atom. The van der Waals surface area contributed by atoms with Gasteiger partial charge in [-0.15, -0.1) is 0 Å². The van der Waals surface area contributed by atoms with Gasteiger partial charge in [0.25, 0.3) is 0 Å².